The van der Waals surface area contributed by atoms with Crippen LogP contribution in [-0.2, 0) is 13.0 Å². The molecule has 0 aliphatic carbocycles. The molecule has 2 aliphatic heterocycles. The van der Waals surface area contributed by atoms with Crippen molar-refractivity contribution in [3.63, 3.8) is 0 Å². The monoisotopic (exact) mass is 404 g/mol. The first-order valence-electron chi connectivity index (χ1n) is 11.5. The van der Waals surface area contributed by atoms with E-state index in [0.717, 1.165) is 13.0 Å². The molecule has 2 aromatic carbocycles. The van der Waals surface area contributed by atoms with Gasteiger partial charge in [-0.05, 0) is 69.4 Å². The average Bonchev–Trinajstić information content (AvgIpc) is 2.95. The van der Waals surface area contributed by atoms with Gasteiger partial charge in [0.1, 0.15) is 0 Å². The maximum Gasteiger partial charge on any atom is 0.0535 e. The van der Waals surface area contributed by atoms with E-state index < -0.39 is 0 Å². The van der Waals surface area contributed by atoms with E-state index in [4.69, 9.17) is 0 Å². The number of thioether (sulfide) groups is 1. The summed E-state index contributed by atoms with van der Waals surface area (Å²) < 4.78 is 2.64. The summed E-state index contributed by atoms with van der Waals surface area (Å²) in [6.45, 7) is 5.08. The molecule has 0 amide bonds. The van der Waals surface area contributed by atoms with Crippen molar-refractivity contribution in [2.24, 2.45) is 0 Å². The molecule has 2 nitrogen and oxygen atoms in total. The smallest absolute Gasteiger partial charge is 0.0535 e. The van der Waals surface area contributed by atoms with E-state index in [1.54, 1.807) is 5.56 Å². The number of likely N-dealkylation sites (tertiary alicyclic amines) is 1. The van der Waals surface area contributed by atoms with E-state index in [0.29, 0.717) is 0 Å². The highest BCUT2D eigenvalue weighted by molar-refractivity contribution is 7.99. The Morgan fingerprint density at radius 2 is 1.59 bits per heavy atom. The number of rotatable bonds is 6. The normalized spacial score (nSPS) is 17.1. The molecule has 0 radical (unpaired) electrons. The maximum absolute atomic E-state index is 2.67. The van der Waals surface area contributed by atoms with Crippen LogP contribution in [0.3, 0.4) is 0 Å². The highest BCUT2D eigenvalue weighted by Crippen LogP contribution is 2.42. The molecule has 0 atom stereocenters. The minimum Gasteiger partial charge on any atom is -0.340 e. The summed E-state index contributed by atoms with van der Waals surface area (Å²) in [4.78, 5) is 4.12. The van der Waals surface area contributed by atoms with Crippen LogP contribution in [0.15, 0.2) is 53.4 Å². The Morgan fingerprint density at radius 3 is 2.52 bits per heavy atom. The number of fused-ring (bicyclic) bond motifs is 5. The van der Waals surface area contributed by atoms with E-state index in [2.05, 4.69) is 58.0 Å². The van der Waals surface area contributed by atoms with Gasteiger partial charge in [0.2, 0.25) is 0 Å². The van der Waals surface area contributed by atoms with Gasteiger partial charge in [0.25, 0.3) is 0 Å². The van der Waals surface area contributed by atoms with E-state index in [1.807, 2.05) is 11.8 Å². The van der Waals surface area contributed by atoms with Gasteiger partial charge in [0.15, 0.2) is 0 Å². The molecule has 0 unspecified atom stereocenters. The number of aromatic nitrogens is 1. The predicted octanol–water partition coefficient (Wildman–Crippen LogP) is 6.61. The van der Waals surface area contributed by atoms with Crippen molar-refractivity contribution in [2.75, 3.05) is 25.4 Å². The quantitative estimate of drug-likeness (QED) is 0.427. The Balaban J connectivity index is 1.37. The number of unbranched alkanes of at least 4 members (excludes halogenated alkanes) is 2. The lowest BCUT2D eigenvalue weighted by atomic mass is 10.0. The lowest BCUT2D eigenvalue weighted by Crippen LogP contribution is -2.30. The standard InChI is InChI=1S/C26H32N2S/c1-7-16-27(17-8-1)18-9-2-10-19-28-24-13-5-3-11-21(24)22-15-20-29-25-14-6-4-12-23(25)26(22)28/h3-6,11-14H,1-2,7-10,15-20H2. The van der Waals surface area contributed by atoms with Gasteiger partial charge >= 0.3 is 0 Å². The van der Waals surface area contributed by atoms with Crippen LogP contribution in [0.25, 0.3) is 22.2 Å². The molecule has 0 N–H and O–H groups in total. The van der Waals surface area contributed by atoms with Crippen LogP contribution >= 0.6 is 11.8 Å². The summed E-state index contributed by atoms with van der Waals surface area (Å²) in [5.74, 6) is 1.17. The third kappa shape index (κ3) is 4.00. The molecule has 3 heteroatoms. The number of piperidine rings is 1. The van der Waals surface area contributed by atoms with Crippen LogP contribution in [0.4, 0.5) is 0 Å². The van der Waals surface area contributed by atoms with Crippen molar-refractivity contribution < 1.29 is 0 Å². The molecule has 1 aromatic heterocycles. The van der Waals surface area contributed by atoms with Gasteiger partial charge < -0.3 is 9.47 Å². The second kappa shape index (κ2) is 8.97. The van der Waals surface area contributed by atoms with Crippen molar-refractivity contribution >= 4 is 22.7 Å². The SMILES string of the molecule is c1ccc2c(c1)SCCc1c-2n(CCCCCN2CCCCC2)c2ccccc12. The molecule has 0 bridgehead atoms. The third-order valence-electron chi connectivity index (χ3n) is 6.63. The van der Waals surface area contributed by atoms with Gasteiger partial charge in [-0.3, -0.25) is 0 Å². The van der Waals surface area contributed by atoms with Crippen molar-refractivity contribution in [2.45, 2.75) is 56.4 Å². The molecule has 2 aliphatic rings. The fraction of sp³-hybridized carbons (Fsp3) is 0.462. The van der Waals surface area contributed by atoms with Gasteiger partial charge in [-0.1, -0.05) is 49.2 Å². The van der Waals surface area contributed by atoms with Crippen LogP contribution < -0.4 is 0 Å². The maximum atomic E-state index is 2.67. The second-order valence-electron chi connectivity index (χ2n) is 8.55. The van der Waals surface area contributed by atoms with Crippen LogP contribution in [0.5, 0.6) is 0 Å². The highest BCUT2D eigenvalue weighted by Gasteiger charge is 2.22. The molecule has 1 fully saturated rings. The Hall–Kier alpha value is -1.71. The van der Waals surface area contributed by atoms with Crippen LogP contribution in [0.2, 0.25) is 0 Å². The lowest BCUT2D eigenvalue weighted by molar-refractivity contribution is 0.224. The van der Waals surface area contributed by atoms with Crippen molar-refractivity contribution in [3.05, 3.63) is 54.1 Å². The summed E-state index contributed by atoms with van der Waals surface area (Å²) >= 11 is 2.02. The first kappa shape index (κ1) is 19.3. The van der Waals surface area contributed by atoms with Crippen molar-refractivity contribution in [3.8, 4) is 11.3 Å². The fourth-order valence-corrected chi connectivity index (χ4v) is 6.21. The highest BCUT2D eigenvalue weighted by atomic mass is 32.2. The van der Waals surface area contributed by atoms with E-state index in [9.17, 15) is 0 Å². The number of para-hydroxylation sites is 1. The van der Waals surface area contributed by atoms with Gasteiger partial charge in [0, 0.05) is 33.7 Å². The van der Waals surface area contributed by atoms with Crippen molar-refractivity contribution in [1.29, 1.82) is 0 Å². The van der Waals surface area contributed by atoms with Gasteiger partial charge in [-0.2, -0.15) is 0 Å². The number of aryl methyl sites for hydroxylation is 2. The van der Waals surface area contributed by atoms with Gasteiger partial charge in [-0.15, -0.1) is 11.8 Å². The zero-order valence-electron chi connectivity index (χ0n) is 17.4. The minimum atomic E-state index is 1.13. The fourth-order valence-electron chi connectivity index (χ4n) is 5.18. The molecule has 0 saturated carbocycles. The molecule has 0 spiro atoms. The molecule has 5 rings (SSSR count). The van der Waals surface area contributed by atoms with Crippen LogP contribution in [0, 0.1) is 0 Å². The predicted molar refractivity (Wildman–Crippen MR) is 126 cm³/mol. The molecular formula is C26H32N2S. The van der Waals surface area contributed by atoms with Crippen molar-refractivity contribution in [1.82, 2.24) is 9.47 Å². The number of nitrogens with zero attached hydrogens (tertiary/aromatic N) is 2. The van der Waals surface area contributed by atoms with Crippen LogP contribution in [0.1, 0.15) is 44.1 Å². The average molecular weight is 405 g/mol. The Labute approximate surface area is 179 Å². The zero-order valence-corrected chi connectivity index (χ0v) is 18.2. The molecule has 29 heavy (non-hydrogen) atoms. The number of benzene rings is 2. The summed E-state index contributed by atoms with van der Waals surface area (Å²) in [5.41, 5.74) is 5.92. The third-order valence-corrected chi connectivity index (χ3v) is 7.71. The number of hydrogen-bond acceptors (Lipinski definition) is 2. The molecular weight excluding hydrogens is 372 g/mol. The summed E-state index contributed by atoms with van der Waals surface area (Å²) in [5, 5.41) is 1.47. The minimum absolute atomic E-state index is 1.13. The van der Waals surface area contributed by atoms with Gasteiger partial charge in [0.05, 0.1) is 5.69 Å². The lowest BCUT2D eigenvalue weighted by Gasteiger charge is -2.26. The zero-order chi connectivity index (χ0) is 19.5. The van der Waals surface area contributed by atoms with E-state index >= 15 is 0 Å². The first-order valence-corrected chi connectivity index (χ1v) is 12.4. The summed E-state index contributed by atoms with van der Waals surface area (Å²) in [6, 6.07) is 18.1. The molecule has 3 heterocycles. The van der Waals surface area contributed by atoms with Gasteiger partial charge in [-0.25, -0.2) is 0 Å². The molecule has 1 saturated heterocycles. The van der Waals surface area contributed by atoms with E-state index in [-0.39, 0.29) is 0 Å². The van der Waals surface area contributed by atoms with Crippen LogP contribution in [-0.4, -0.2) is 34.9 Å². The Kier molecular flexibility index (Phi) is 5.96. The largest absolute Gasteiger partial charge is 0.340 e. The summed E-state index contributed by atoms with van der Waals surface area (Å²) in [7, 11) is 0. The Morgan fingerprint density at radius 1 is 0.793 bits per heavy atom. The summed E-state index contributed by atoms with van der Waals surface area (Å²) in [6.07, 6.45) is 9.34. The van der Waals surface area contributed by atoms with E-state index in [1.165, 1.54) is 91.0 Å². The first-order chi connectivity index (χ1) is 14.4. The molecule has 3 aromatic rings. The Bertz CT molecular complexity index is 968. The second-order valence-corrected chi connectivity index (χ2v) is 9.69. The topological polar surface area (TPSA) is 8.17 Å². The number of hydrogen-bond donors (Lipinski definition) is 0. The molecule has 152 valence electrons.